The minimum Gasteiger partial charge on any atom is -0.478 e. The number of hydrogen-bond donors (Lipinski definition) is 1. The van der Waals surface area contributed by atoms with Crippen molar-refractivity contribution in [3.8, 4) is 0 Å². The number of allylic oxidation sites excluding steroid dienone is 3. The van der Waals surface area contributed by atoms with Crippen LogP contribution in [-0.2, 0) is 4.74 Å². The lowest BCUT2D eigenvalue weighted by Crippen LogP contribution is -2.48. The smallest absolute Gasteiger partial charge is 0.415 e. The highest BCUT2D eigenvalue weighted by molar-refractivity contribution is 5.92. The fraction of sp³-hybridized carbons (Fsp3) is 0.520. The van der Waals surface area contributed by atoms with E-state index in [4.69, 9.17) is 9.84 Å². The van der Waals surface area contributed by atoms with Crippen molar-refractivity contribution in [2.24, 2.45) is 11.8 Å². The van der Waals surface area contributed by atoms with E-state index in [1.807, 2.05) is 6.08 Å². The summed E-state index contributed by atoms with van der Waals surface area (Å²) in [6, 6.07) is 6.09. The molecule has 0 bridgehead atoms. The number of halogens is 3. The molecule has 4 aliphatic rings. The third kappa shape index (κ3) is 4.58. The van der Waals surface area contributed by atoms with Gasteiger partial charge in [0, 0.05) is 43.7 Å². The molecule has 1 aromatic rings. The molecular weight excluding hydrogens is 449 g/mol. The molecule has 0 radical (unpaired) electrons. The molecule has 1 aromatic carbocycles. The van der Waals surface area contributed by atoms with Crippen LogP contribution in [0.5, 0.6) is 0 Å². The predicted molar refractivity (Wildman–Crippen MR) is 119 cm³/mol. The average molecular weight is 476 g/mol. The van der Waals surface area contributed by atoms with Gasteiger partial charge in [0.05, 0.1) is 12.1 Å². The van der Waals surface area contributed by atoms with E-state index < -0.39 is 23.8 Å². The number of anilines is 1. The maximum absolute atomic E-state index is 13.6. The number of carbonyl (C=O) groups is 2. The van der Waals surface area contributed by atoms with Crippen LogP contribution in [0, 0.1) is 11.8 Å². The van der Waals surface area contributed by atoms with Crippen LogP contribution in [0.1, 0.15) is 42.5 Å². The first kappa shape index (κ1) is 23.0. The molecule has 1 atom stereocenters. The third-order valence-corrected chi connectivity index (χ3v) is 7.38. The van der Waals surface area contributed by atoms with Crippen LogP contribution in [0.4, 0.5) is 23.7 Å². The maximum Gasteiger partial charge on any atom is 0.415 e. The van der Waals surface area contributed by atoms with Crippen molar-refractivity contribution in [1.29, 1.82) is 0 Å². The molecule has 1 saturated carbocycles. The largest absolute Gasteiger partial charge is 0.478 e. The summed E-state index contributed by atoms with van der Waals surface area (Å²) in [7, 11) is 0. The van der Waals surface area contributed by atoms with Crippen molar-refractivity contribution in [2.75, 3.05) is 31.1 Å². The van der Waals surface area contributed by atoms with E-state index in [-0.39, 0.29) is 29.4 Å². The van der Waals surface area contributed by atoms with Crippen LogP contribution in [0.3, 0.4) is 0 Å². The van der Waals surface area contributed by atoms with Gasteiger partial charge >= 0.3 is 18.2 Å². The van der Waals surface area contributed by atoms with Crippen LogP contribution >= 0.6 is 0 Å². The van der Waals surface area contributed by atoms with Crippen LogP contribution in [-0.4, -0.2) is 60.0 Å². The number of carboxylic acids is 1. The van der Waals surface area contributed by atoms with Crippen molar-refractivity contribution in [3.05, 3.63) is 53.1 Å². The summed E-state index contributed by atoms with van der Waals surface area (Å²) < 4.78 is 46.6. The minimum absolute atomic E-state index is 0.0303. The Morgan fingerprint density at radius 3 is 2.41 bits per heavy atom. The van der Waals surface area contributed by atoms with Gasteiger partial charge in [-0.25, -0.2) is 9.59 Å². The molecule has 0 aromatic heterocycles. The molecular formula is C25H27F3N2O4. The number of amides is 1. The first-order valence-electron chi connectivity index (χ1n) is 11.7. The SMILES string of the molecule is O=C(O)c1ccc(N2CC3(CCN(CC4C=CC(C5CC5)=C(C(F)(F)F)C4)CC3)OC2=O)cc1. The second-order valence-corrected chi connectivity index (χ2v) is 9.82. The first-order valence-corrected chi connectivity index (χ1v) is 11.7. The van der Waals surface area contributed by atoms with Crippen molar-refractivity contribution < 1.29 is 32.6 Å². The number of benzene rings is 1. The number of hydrogen-bond acceptors (Lipinski definition) is 4. The Morgan fingerprint density at radius 1 is 1.15 bits per heavy atom. The number of aromatic carboxylic acids is 1. The maximum atomic E-state index is 13.6. The summed E-state index contributed by atoms with van der Waals surface area (Å²) >= 11 is 0. The van der Waals surface area contributed by atoms with Gasteiger partial charge in [-0.3, -0.25) is 4.90 Å². The fourth-order valence-corrected chi connectivity index (χ4v) is 5.31. The topological polar surface area (TPSA) is 70.1 Å². The lowest BCUT2D eigenvalue weighted by atomic mass is 9.85. The number of rotatable bonds is 5. The summed E-state index contributed by atoms with van der Waals surface area (Å²) in [6.45, 7) is 2.22. The molecule has 182 valence electrons. The molecule has 34 heavy (non-hydrogen) atoms. The summed E-state index contributed by atoms with van der Waals surface area (Å²) in [5.74, 6) is -1.14. The highest BCUT2D eigenvalue weighted by atomic mass is 19.4. The van der Waals surface area contributed by atoms with Gasteiger partial charge in [0.2, 0.25) is 0 Å². The second-order valence-electron chi connectivity index (χ2n) is 9.82. The summed E-state index contributed by atoms with van der Waals surface area (Å²) in [5.41, 5.74) is 0.224. The Balaban J connectivity index is 1.18. The van der Waals surface area contributed by atoms with Crippen molar-refractivity contribution in [2.45, 2.75) is 43.9 Å². The Kier molecular flexibility index (Phi) is 5.70. The number of likely N-dealkylation sites (tertiary alicyclic amines) is 1. The van der Waals surface area contributed by atoms with E-state index in [9.17, 15) is 22.8 Å². The number of carboxylic acid groups (broad SMARTS) is 1. The molecule has 3 fully saturated rings. The number of alkyl halides is 3. The van der Waals surface area contributed by atoms with Gasteiger partial charge in [0.15, 0.2) is 0 Å². The van der Waals surface area contributed by atoms with Crippen molar-refractivity contribution in [1.82, 2.24) is 4.90 Å². The Morgan fingerprint density at radius 2 is 1.82 bits per heavy atom. The van der Waals surface area contributed by atoms with Crippen LogP contribution in [0.2, 0.25) is 0 Å². The number of carbonyl (C=O) groups excluding carboxylic acids is 1. The Bertz CT molecular complexity index is 1040. The highest BCUT2D eigenvalue weighted by Crippen LogP contribution is 2.46. The molecule has 2 saturated heterocycles. The Labute approximate surface area is 195 Å². The van der Waals surface area contributed by atoms with Gasteiger partial charge in [-0.1, -0.05) is 12.2 Å². The second kappa shape index (κ2) is 8.45. The van der Waals surface area contributed by atoms with E-state index in [1.165, 1.54) is 17.0 Å². The van der Waals surface area contributed by atoms with Crippen molar-refractivity contribution in [3.63, 3.8) is 0 Å². The summed E-state index contributed by atoms with van der Waals surface area (Å²) in [4.78, 5) is 27.3. The zero-order valence-electron chi connectivity index (χ0n) is 18.7. The highest BCUT2D eigenvalue weighted by Gasteiger charge is 2.48. The van der Waals surface area contributed by atoms with E-state index in [0.29, 0.717) is 50.3 Å². The fourth-order valence-electron chi connectivity index (χ4n) is 5.31. The summed E-state index contributed by atoms with van der Waals surface area (Å²) in [6.07, 6.45) is 1.83. The van der Waals surface area contributed by atoms with Gasteiger partial charge in [-0.2, -0.15) is 13.2 Å². The molecule has 2 heterocycles. The lowest BCUT2D eigenvalue weighted by Gasteiger charge is -2.39. The lowest BCUT2D eigenvalue weighted by molar-refractivity contribution is -0.0964. The van der Waals surface area contributed by atoms with E-state index >= 15 is 0 Å². The zero-order chi connectivity index (χ0) is 24.1. The number of piperidine rings is 1. The third-order valence-electron chi connectivity index (χ3n) is 7.38. The standard InChI is InChI=1S/C25H27F3N2O4/c26-25(27,28)21-13-16(1-8-20(21)17-2-3-17)14-29-11-9-24(10-12-29)15-30(23(33)34-24)19-6-4-18(5-7-19)22(31)32/h1,4-8,16-17H,2-3,9-15H2,(H,31,32). The Hall–Kier alpha value is -2.81. The minimum atomic E-state index is -4.28. The monoisotopic (exact) mass is 476 g/mol. The van der Waals surface area contributed by atoms with Gasteiger partial charge < -0.3 is 14.7 Å². The summed E-state index contributed by atoms with van der Waals surface area (Å²) in [5, 5.41) is 9.06. The quantitative estimate of drug-likeness (QED) is 0.646. The van der Waals surface area contributed by atoms with Gasteiger partial charge in [-0.15, -0.1) is 0 Å². The molecule has 6 nitrogen and oxygen atoms in total. The number of ether oxygens (including phenoxy) is 1. The van der Waals surface area contributed by atoms with Gasteiger partial charge in [0.1, 0.15) is 5.60 Å². The zero-order valence-corrected chi connectivity index (χ0v) is 18.7. The normalized spacial score (nSPS) is 25.2. The van der Waals surface area contributed by atoms with Crippen LogP contribution in [0.15, 0.2) is 47.6 Å². The molecule has 9 heteroatoms. The van der Waals surface area contributed by atoms with E-state index in [0.717, 1.165) is 12.8 Å². The molecule has 1 unspecified atom stereocenters. The molecule has 2 aliphatic heterocycles. The van der Waals surface area contributed by atoms with Crippen molar-refractivity contribution >= 4 is 17.7 Å². The van der Waals surface area contributed by atoms with Gasteiger partial charge in [0.25, 0.3) is 0 Å². The van der Waals surface area contributed by atoms with E-state index in [2.05, 4.69) is 4.90 Å². The predicted octanol–water partition coefficient (Wildman–Crippen LogP) is 5.02. The average Bonchev–Trinajstić information content (AvgIpc) is 3.59. The molecule has 2 aliphatic carbocycles. The molecule has 1 spiro atoms. The van der Waals surface area contributed by atoms with Crippen LogP contribution < -0.4 is 4.90 Å². The van der Waals surface area contributed by atoms with Crippen LogP contribution in [0.25, 0.3) is 0 Å². The molecule has 1 amide bonds. The molecule has 1 N–H and O–H groups in total. The first-order chi connectivity index (χ1) is 16.1. The van der Waals surface area contributed by atoms with E-state index in [1.54, 1.807) is 18.2 Å². The number of nitrogens with zero attached hydrogens (tertiary/aromatic N) is 2. The molecule has 5 rings (SSSR count). The van der Waals surface area contributed by atoms with Gasteiger partial charge in [-0.05, 0) is 60.9 Å².